The van der Waals surface area contributed by atoms with Gasteiger partial charge in [-0.05, 0) is 52.6 Å². The Morgan fingerprint density at radius 1 is 0.684 bits per heavy atom. The fraction of sp³-hybridized carbons (Fsp3) is 0.556. The first kappa shape index (κ1) is 14.6. The van der Waals surface area contributed by atoms with Crippen LogP contribution in [0.3, 0.4) is 0 Å². The molecule has 0 spiro atoms. The maximum atomic E-state index is 2.58. The summed E-state index contributed by atoms with van der Waals surface area (Å²) in [5.74, 6) is 0. The molecule has 0 saturated carbocycles. The molecule has 0 heterocycles. The van der Waals surface area contributed by atoms with E-state index < -0.39 is 8.07 Å². The zero-order valence-corrected chi connectivity index (χ0v) is 14.8. The zero-order valence-electron chi connectivity index (χ0n) is 13.8. The SMILES string of the molecule is CC1=CC(C)=C(C)C1[Si](C)(C)C1C(C)=CC(C)=C1C. The second-order valence-corrected chi connectivity index (χ2v) is 12.0. The third-order valence-electron chi connectivity index (χ3n) is 5.40. The summed E-state index contributed by atoms with van der Waals surface area (Å²) in [5.41, 5.74) is 10.9. The van der Waals surface area contributed by atoms with Gasteiger partial charge in [0.1, 0.15) is 0 Å². The van der Waals surface area contributed by atoms with Crippen molar-refractivity contribution in [3.05, 3.63) is 45.6 Å². The average Bonchev–Trinajstić information content (AvgIpc) is 2.66. The zero-order chi connectivity index (χ0) is 14.5. The lowest BCUT2D eigenvalue weighted by Gasteiger charge is -2.39. The van der Waals surface area contributed by atoms with Crippen molar-refractivity contribution in [1.29, 1.82) is 0 Å². The quantitative estimate of drug-likeness (QED) is 0.539. The van der Waals surface area contributed by atoms with Gasteiger partial charge in [-0.15, -0.1) is 0 Å². The highest BCUT2D eigenvalue weighted by molar-refractivity contribution is 6.82. The van der Waals surface area contributed by atoms with Gasteiger partial charge in [-0.2, -0.15) is 0 Å². The Morgan fingerprint density at radius 2 is 1.00 bits per heavy atom. The van der Waals surface area contributed by atoms with Crippen LogP contribution in [0.25, 0.3) is 0 Å². The lowest BCUT2D eigenvalue weighted by Crippen LogP contribution is -2.39. The van der Waals surface area contributed by atoms with Crippen molar-refractivity contribution >= 4 is 8.07 Å². The van der Waals surface area contributed by atoms with Crippen molar-refractivity contribution in [2.75, 3.05) is 0 Å². The van der Waals surface area contributed by atoms with Crippen molar-refractivity contribution < 1.29 is 0 Å². The van der Waals surface area contributed by atoms with E-state index in [0.29, 0.717) is 0 Å². The third kappa shape index (κ3) is 2.12. The van der Waals surface area contributed by atoms with E-state index in [1.807, 2.05) is 0 Å². The second kappa shape index (κ2) is 4.62. The highest BCUT2D eigenvalue weighted by atomic mass is 28.3. The minimum atomic E-state index is -1.43. The molecule has 2 aliphatic rings. The molecule has 0 aromatic rings. The predicted molar refractivity (Wildman–Crippen MR) is 89.2 cm³/mol. The summed E-state index contributed by atoms with van der Waals surface area (Å²) in [6.07, 6.45) is 4.82. The van der Waals surface area contributed by atoms with Crippen LogP contribution in [0.5, 0.6) is 0 Å². The number of allylic oxidation sites excluding steroid dienone is 8. The minimum absolute atomic E-state index is 0.724. The fourth-order valence-electron chi connectivity index (χ4n) is 4.67. The van der Waals surface area contributed by atoms with Gasteiger partial charge in [0.05, 0.1) is 8.07 Å². The molecule has 0 amide bonds. The van der Waals surface area contributed by atoms with Gasteiger partial charge in [-0.3, -0.25) is 0 Å². The molecule has 104 valence electrons. The Balaban J connectivity index is 2.46. The van der Waals surface area contributed by atoms with Gasteiger partial charge in [-0.25, -0.2) is 0 Å². The molecule has 0 bridgehead atoms. The summed E-state index contributed by atoms with van der Waals surface area (Å²) in [6.45, 7) is 19.1. The molecule has 19 heavy (non-hydrogen) atoms. The van der Waals surface area contributed by atoms with Gasteiger partial charge in [0.15, 0.2) is 0 Å². The van der Waals surface area contributed by atoms with E-state index in [2.05, 4.69) is 66.8 Å². The monoisotopic (exact) mass is 272 g/mol. The first-order valence-electron chi connectivity index (χ1n) is 7.39. The van der Waals surface area contributed by atoms with Gasteiger partial charge < -0.3 is 0 Å². The average molecular weight is 273 g/mol. The lowest BCUT2D eigenvalue weighted by atomic mass is 10.1. The van der Waals surface area contributed by atoms with Crippen LogP contribution >= 0.6 is 0 Å². The standard InChI is InChI=1S/C18H28Si/c1-11-9-13(3)17(15(11)5)19(7,8)18-14(4)10-12(2)16(18)6/h9-10,17-18H,1-8H3. The molecule has 2 rings (SSSR count). The molecule has 0 radical (unpaired) electrons. The smallest absolute Gasteiger partial charge is 0.0686 e. The Bertz CT molecular complexity index is 490. The van der Waals surface area contributed by atoms with Gasteiger partial charge in [0.25, 0.3) is 0 Å². The van der Waals surface area contributed by atoms with Crippen molar-refractivity contribution in [3.8, 4) is 0 Å². The lowest BCUT2D eigenvalue weighted by molar-refractivity contribution is 0.978. The van der Waals surface area contributed by atoms with Crippen LogP contribution in [0.1, 0.15) is 41.5 Å². The molecule has 0 fully saturated rings. The van der Waals surface area contributed by atoms with E-state index >= 15 is 0 Å². The van der Waals surface area contributed by atoms with E-state index in [0.717, 1.165) is 11.1 Å². The van der Waals surface area contributed by atoms with E-state index in [1.54, 1.807) is 22.3 Å². The molecule has 0 aliphatic heterocycles. The molecular formula is C18H28Si. The molecule has 0 N–H and O–H groups in total. The predicted octanol–water partition coefficient (Wildman–Crippen LogP) is 6.03. The Kier molecular flexibility index (Phi) is 3.55. The summed E-state index contributed by atoms with van der Waals surface area (Å²) >= 11 is 0. The highest BCUT2D eigenvalue weighted by Crippen LogP contribution is 2.53. The van der Waals surface area contributed by atoms with E-state index in [4.69, 9.17) is 0 Å². The summed E-state index contributed by atoms with van der Waals surface area (Å²) in [5, 5.41) is 0. The largest absolute Gasteiger partial charge is 0.0713 e. The molecule has 0 aromatic heterocycles. The normalized spacial score (nSPS) is 28.2. The van der Waals surface area contributed by atoms with Gasteiger partial charge in [0.2, 0.25) is 0 Å². The number of rotatable bonds is 2. The van der Waals surface area contributed by atoms with Crippen LogP contribution in [0, 0.1) is 0 Å². The van der Waals surface area contributed by atoms with Gasteiger partial charge >= 0.3 is 0 Å². The number of hydrogen-bond acceptors (Lipinski definition) is 0. The van der Waals surface area contributed by atoms with Crippen molar-refractivity contribution in [1.82, 2.24) is 0 Å². The molecule has 2 atom stereocenters. The molecular weight excluding hydrogens is 244 g/mol. The first-order valence-corrected chi connectivity index (χ1v) is 10.5. The molecule has 1 heteroatoms. The van der Waals surface area contributed by atoms with Crippen molar-refractivity contribution in [2.24, 2.45) is 0 Å². The van der Waals surface area contributed by atoms with E-state index in [9.17, 15) is 0 Å². The highest BCUT2D eigenvalue weighted by Gasteiger charge is 2.45. The summed E-state index contributed by atoms with van der Waals surface area (Å²) in [6, 6.07) is 0. The minimum Gasteiger partial charge on any atom is -0.0686 e. The molecule has 0 aromatic carbocycles. The molecule has 2 unspecified atom stereocenters. The molecule has 0 saturated heterocycles. The summed E-state index contributed by atoms with van der Waals surface area (Å²) < 4.78 is 0. The first-order chi connectivity index (χ1) is 8.67. The van der Waals surface area contributed by atoms with Crippen LogP contribution in [-0.2, 0) is 0 Å². The maximum Gasteiger partial charge on any atom is 0.0713 e. The molecule has 0 nitrogen and oxygen atoms in total. The number of hydrogen-bond donors (Lipinski definition) is 0. The van der Waals surface area contributed by atoms with Crippen LogP contribution in [0.2, 0.25) is 24.2 Å². The van der Waals surface area contributed by atoms with Gasteiger partial charge in [-0.1, -0.05) is 58.7 Å². The van der Waals surface area contributed by atoms with Crippen LogP contribution in [-0.4, -0.2) is 8.07 Å². The van der Waals surface area contributed by atoms with Crippen LogP contribution < -0.4 is 0 Å². The summed E-state index contributed by atoms with van der Waals surface area (Å²) in [4.78, 5) is 0. The Morgan fingerprint density at radius 3 is 1.21 bits per heavy atom. The third-order valence-corrected chi connectivity index (χ3v) is 10.1. The van der Waals surface area contributed by atoms with Crippen molar-refractivity contribution in [3.63, 3.8) is 0 Å². The van der Waals surface area contributed by atoms with Gasteiger partial charge in [0, 0.05) is 0 Å². The van der Waals surface area contributed by atoms with E-state index in [-0.39, 0.29) is 0 Å². The topological polar surface area (TPSA) is 0 Å². The maximum absolute atomic E-state index is 2.58. The fourth-order valence-corrected chi connectivity index (χ4v) is 10.2. The second-order valence-electron chi connectivity index (χ2n) is 7.20. The van der Waals surface area contributed by atoms with Crippen LogP contribution in [0.4, 0.5) is 0 Å². The van der Waals surface area contributed by atoms with E-state index in [1.165, 1.54) is 11.1 Å². The van der Waals surface area contributed by atoms with Crippen molar-refractivity contribution in [2.45, 2.75) is 65.7 Å². The molecule has 2 aliphatic carbocycles. The summed E-state index contributed by atoms with van der Waals surface area (Å²) in [7, 11) is -1.43. The van der Waals surface area contributed by atoms with Crippen LogP contribution in [0.15, 0.2) is 45.6 Å². The Hall–Kier alpha value is -0.823. The Labute approximate surface area is 120 Å².